The van der Waals surface area contributed by atoms with Crippen molar-refractivity contribution in [3.05, 3.63) is 41.3 Å². The van der Waals surface area contributed by atoms with E-state index in [9.17, 15) is 4.39 Å². The summed E-state index contributed by atoms with van der Waals surface area (Å²) in [4.78, 5) is 0. The van der Waals surface area contributed by atoms with Gasteiger partial charge in [-0.25, -0.2) is 9.07 Å². The van der Waals surface area contributed by atoms with E-state index in [1.54, 1.807) is 23.9 Å². The topological polar surface area (TPSA) is 53.1 Å². The molecule has 0 atom stereocenters. The largest absolute Gasteiger partial charge is 0.481 e. The average Bonchev–Trinajstić information content (AvgIpc) is 2.77. The molecule has 102 valence electrons. The molecule has 0 aliphatic rings. The van der Waals surface area contributed by atoms with Crippen LogP contribution in [0, 0.1) is 5.82 Å². The number of ether oxygens (including phenoxy) is 1. The lowest BCUT2D eigenvalue weighted by molar-refractivity contribution is 0.379. The summed E-state index contributed by atoms with van der Waals surface area (Å²) in [5.41, 5.74) is 8.21. The summed E-state index contributed by atoms with van der Waals surface area (Å²) < 4.78 is 20.4. The minimum absolute atomic E-state index is 0.298. The Balaban J connectivity index is 2.56. The molecule has 0 bridgehead atoms. The minimum atomic E-state index is -0.298. The molecule has 0 saturated heterocycles. The molecule has 5 heteroatoms. The molecule has 1 aromatic heterocycles. The summed E-state index contributed by atoms with van der Waals surface area (Å²) in [5, 5.41) is 4.50. The van der Waals surface area contributed by atoms with Crippen molar-refractivity contribution in [2.24, 2.45) is 5.73 Å². The number of benzene rings is 1. The maximum absolute atomic E-state index is 13.3. The van der Waals surface area contributed by atoms with E-state index in [-0.39, 0.29) is 5.82 Å². The maximum Gasteiger partial charge on any atom is 0.219 e. The zero-order valence-electron chi connectivity index (χ0n) is 11.2. The number of hydrogen-bond donors (Lipinski definition) is 1. The van der Waals surface area contributed by atoms with Gasteiger partial charge in [0.05, 0.1) is 18.5 Å². The molecule has 1 aromatic carbocycles. The first-order valence-electron chi connectivity index (χ1n) is 6.32. The Morgan fingerprint density at radius 3 is 2.79 bits per heavy atom. The van der Waals surface area contributed by atoms with E-state index in [2.05, 4.69) is 5.10 Å². The summed E-state index contributed by atoms with van der Waals surface area (Å²) >= 11 is 0. The van der Waals surface area contributed by atoms with Crippen LogP contribution in [0.3, 0.4) is 0 Å². The predicted molar refractivity (Wildman–Crippen MR) is 72.2 cm³/mol. The van der Waals surface area contributed by atoms with E-state index in [1.165, 1.54) is 12.1 Å². The van der Waals surface area contributed by atoms with Crippen LogP contribution in [0.1, 0.15) is 18.2 Å². The van der Waals surface area contributed by atoms with Crippen molar-refractivity contribution in [2.75, 3.05) is 13.7 Å². The fraction of sp³-hybridized carbons (Fsp3) is 0.357. The van der Waals surface area contributed by atoms with Crippen LogP contribution in [0.2, 0.25) is 0 Å². The van der Waals surface area contributed by atoms with Crippen molar-refractivity contribution >= 4 is 0 Å². The Labute approximate surface area is 112 Å². The van der Waals surface area contributed by atoms with E-state index in [4.69, 9.17) is 10.5 Å². The van der Waals surface area contributed by atoms with Gasteiger partial charge in [-0.1, -0.05) is 13.0 Å². The summed E-state index contributed by atoms with van der Waals surface area (Å²) in [6.45, 7) is 2.55. The van der Waals surface area contributed by atoms with Gasteiger partial charge < -0.3 is 10.5 Å². The highest BCUT2D eigenvalue weighted by atomic mass is 19.1. The normalized spacial score (nSPS) is 10.7. The van der Waals surface area contributed by atoms with Crippen molar-refractivity contribution in [1.29, 1.82) is 0 Å². The second-order valence-electron chi connectivity index (χ2n) is 4.22. The van der Waals surface area contributed by atoms with Crippen LogP contribution in [0.4, 0.5) is 4.39 Å². The van der Waals surface area contributed by atoms with Gasteiger partial charge >= 0.3 is 0 Å². The standard InChI is InChI=1S/C14H18FN3O/c1-3-13-12(7-8-16)14(19-2)18(17-13)11-6-4-5-10(15)9-11/h4-6,9H,3,7-8,16H2,1-2H3. The van der Waals surface area contributed by atoms with Crippen molar-refractivity contribution in [1.82, 2.24) is 9.78 Å². The molecule has 4 nitrogen and oxygen atoms in total. The first kappa shape index (κ1) is 13.5. The van der Waals surface area contributed by atoms with Crippen LogP contribution in [0.5, 0.6) is 5.88 Å². The SMILES string of the molecule is CCc1nn(-c2cccc(F)c2)c(OC)c1CCN. The number of halogens is 1. The summed E-state index contributed by atoms with van der Waals surface area (Å²) in [6.07, 6.45) is 1.48. The van der Waals surface area contributed by atoms with Gasteiger partial charge in [-0.05, 0) is 37.6 Å². The average molecular weight is 263 g/mol. The minimum Gasteiger partial charge on any atom is -0.481 e. The molecule has 0 amide bonds. The Hall–Kier alpha value is -1.88. The number of methoxy groups -OCH3 is 1. The predicted octanol–water partition coefficient (Wildman–Crippen LogP) is 2.08. The summed E-state index contributed by atoms with van der Waals surface area (Å²) in [7, 11) is 1.59. The van der Waals surface area contributed by atoms with Gasteiger partial charge in [0.2, 0.25) is 5.88 Å². The molecule has 0 aliphatic heterocycles. The van der Waals surface area contributed by atoms with Gasteiger partial charge in [-0.2, -0.15) is 5.10 Å². The Kier molecular flexibility index (Phi) is 4.16. The number of aromatic nitrogens is 2. The number of nitrogens with zero attached hydrogens (tertiary/aromatic N) is 2. The molecule has 2 rings (SSSR count). The lowest BCUT2D eigenvalue weighted by Crippen LogP contribution is -2.06. The van der Waals surface area contributed by atoms with Crippen molar-refractivity contribution in [3.8, 4) is 11.6 Å². The van der Waals surface area contributed by atoms with Gasteiger partial charge in [-0.3, -0.25) is 0 Å². The van der Waals surface area contributed by atoms with Gasteiger partial charge in [0.1, 0.15) is 5.82 Å². The summed E-state index contributed by atoms with van der Waals surface area (Å²) in [5.74, 6) is 0.335. The van der Waals surface area contributed by atoms with E-state index in [0.29, 0.717) is 24.5 Å². The van der Waals surface area contributed by atoms with E-state index < -0.39 is 0 Å². The highest BCUT2D eigenvalue weighted by Gasteiger charge is 2.18. The first-order valence-corrected chi connectivity index (χ1v) is 6.32. The van der Waals surface area contributed by atoms with Crippen molar-refractivity contribution in [2.45, 2.75) is 19.8 Å². The Morgan fingerprint density at radius 2 is 2.21 bits per heavy atom. The number of aryl methyl sites for hydroxylation is 1. The molecule has 2 aromatic rings. The molecule has 0 radical (unpaired) electrons. The number of nitrogens with two attached hydrogens (primary N) is 1. The van der Waals surface area contributed by atoms with Crippen LogP contribution in [-0.4, -0.2) is 23.4 Å². The van der Waals surface area contributed by atoms with Crippen LogP contribution < -0.4 is 10.5 Å². The molecule has 1 heterocycles. The van der Waals surface area contributed by atoms with Gasteiger partial charge in [-0.15, -0.1) is 0 Å². The molecule has 0 spiro atoms. The molecule has 0 unspecified atom stereocenters. The summed E-state index contributed by atoms with van der Waals surface area (Å²) in [6, 6.07) is 6.28. The van der Waals surface area contributed by atoms with Gasteiger partial charge in [0.25, 0.3) is 0 Å². The van der Waals surface area contributed by atoms with Crippen molar-refractivity contribution < 1.29 is 9.13 Å². The highest BCUT2D eigenvalue weighted by molar-refractivity contribution is 5.41. The smallest absolute Gasteiger partial charge is 0.219 e. The number of rotatable bonds is 5. The fourth-order valence-corrected chi connectivity index (χ4v) is 2.15. The van der Waals surface area contributed by atoms with E-state index >= 15 is 0 Å². The van der Waals surface area contributed by atoms with E-state index in [1.807, 2.05) is 6.92 Å². The monoisotopic (exact) mass is 263 g/mol. The van der Waals surface area contributed by atoms with Gasteiger partial charge in [0, 0.05) is 5.56 Å². The zero-order valence-corrected chi connectivity index (χ0v) is 11.2. The molecular formula is C14H18FN3O. The van der Waals surface area contributed by atoms with E-state index in [0.717, 1.165) is 17.7 Å². The van der Waals surface area contributed by atoms with Crippen LogP contribution in [0.25, 0.3) is 5.69 Å². The van der Waals surface area contributed by atoms with Crippen LogP contribution in [0.15, 0.2) is 24.3 Å². The molecule has 0 saturated carbocycles. The lowest BCUT2D eigenvalue weighted by Gasteiger charge is -2.07. The third-order valence-electron chi connectivity index (χ3n) is 2.99. The maximum atomic E-state index is 13.3. The van der Waals surface area contributed by atoms with Crippen LogP contribution >= 0.6 is 0 Å². The zero-order chi connectivity index (χ0) is 13.8. The quantitative estimate of drug-likeness (QED) is 0.898. The fourth-order valence-electron chi connectivity index (χ4n) is 2.15. The van der Waals surface area contributed by atoms with Crippen molar-refractivity contribution in [3.63, 3.8) is 0 Å². The van der Waals surface area contributed by atoms with Crippen LogP contribution in [-0.2, 0) is 12.8 Å². The first-order chi connectivity index (χ1) is 9.21. The lowest BCUT2D eigenvalue weighted by atomic mass is 10.1. The third-order valence-corrected chi connectivity index (χ3v) is 2.99. The molecule has 19 heavy (non-hydrogen) atoms. The second-order valence-corrected chi connectivity index (χ2v) is 4.22. The third kappa shape index (κ3) is 2.61. The van der Waals surface area contributed by atoms with Gasteiger partial charge in [0.15, 0.2) is 0 Å². The Bertz CT molecular complexity index is 566. The molecule has 0 aliphatic carbocycles. The Morgan fingerprint density at radius 1 is 1.42 bits per heavy atom. The number of hydrogen-bond acceptors (Lipinski definition) is 3. The molecule has 0 fully saturated rings. The second kappa shape index (κ2) is 5.84. The molecular weight excluding hydrogens is 245 g/mol. The highest BCUT2D eigenvalue weighted by Crippen LogP contribution is 2.27. The molecule has 2 N–H and O–H groups in total.